The van der Waals surface area contributed by atoms with Crippen LogP contribution < -0.4 is 4.90 Å². The van der Waals surface area contributed by atoms with Gasteiger partial charge in [-0.1, -0.05) is 25.4 Å². The Morgan fingerprint density at radius 1 is 1.36 bits per heavy atom. The van der Waals surface area contributed by atoms with Gasteiger partial charge < -0.3 is 9.30 Å². The van der Waals surface area contributed by atoms with Gasteiger partial charge in [-0.15, -0.1) is 0 Å². The summed E-state index contributed by atoms with van der Waals surface area (Å²) in [5.74, 6) is 1.38. The highest BCUT2D eigenvalue weighted by Crippen LogP contribution is 2.28. The Morgan fingerprint density at radius 3 is 2.64 bits per heavy atom. The van der Waals surface area contributed by atoms with Gasteiger partial charge in [0.05, 0.1) is 12.7 Å². The maximum atomic E-state index is 13.1. The summed E-state index contributed by atoms with van der Waals surface area (Å²) >= 11 is 6.30. The number of hydrogen-bond donors (Lipinski definition) is 0. The molecule has 28 heavy (non-hydrogen) atoms. The molecule has 9 heteroatoms. The maximum Gasteiger partial charge on any atom is 0.416 e. The number of fused-ring (bicyclic) bond motifs is 1. The van der Waals surface area contributed by atoms with E-state index in [1.54, 1.807) is 23.0 Å². The van der Waals surface area contributed by atoms with Crippen molar-refractivity contribution < 1.29 is 9.53 Å². The van der Waals surface area contributed by atoms with Crippen LogP contribution in [0.15, 0.2) is 24.7 Å². The standard InChI is InChI=1S/C19H25ClN6O2/c1-12(2)13-10-22-26-16(9-14(20)23-17(13)26)25(18(27)28-19(3,4)5)11-15-21-7-8-24(15)6/h7-10,12H,11H2,1-6H3. The number of amides is 1. The lowest BCUT2D eigenvalue weighted by Gasteiger charge is -2.27. The normalized spacial score (nSPS) is 12.0. The number of anilines is 1. The van der Waals surface area contributed by atoms with Crippen LogP contribution in [0.2, 0.25) is 5.15 Å². The van der Waals surface area contributed by atoms with Crippen molar-refractivity contribution in [2.75, 3.05) is 4.90 Å². The molecule has 0 aliphatic carbocycles. The summed E-state index contributed by atoms with van der Waals surface area (Å²) < 4.78 is 9.10. The number of rotatable bonds is 4. The number of nitrogens with zero attached hydrogens (tertiary/aromatic N) is 6. The minimum absolute atomic E-state index is 0.199. The predicted molar refractivity (Wildman–Crippen MR) is 108 cm³/mol. The largest absolute Gasteiger partial charge is 0.443 e. The average Bonchev–Trinajstić information content (AvgIpc) is 3.16. The van der Waals surface area contributed by atoms with Crippen molar-refractivity contribution in [1.29, 1.82) is 0 Å². The fourth-order valence-electron chi connectivity index (χ4n) is 2.78. The van der Waals surface area contributed by atoms with Crippen LogP contribution in [0.3, 0.4) is 0 Å². The number of imidazole rings is 1. The Bertz CT molecular complexity index is 1000. The van der Waals surface area contributed by atoms with Crippen molar-refractivity contribution in [3.63, 3.8) is 0 Å². The van der Waals surface area contributed by atoms with E-state index in [-0.39, 0.29) is 17.6 Å². The number of carbonyl (C=O) groups excluding carboxylic acids is 1. The van der Waals surface area contributed by atoms with Gasteiger partial charge in [0.25, 0.3) is 0 Å². The third kappa shape index (κ3) is 4.11. The molecule has 0 aliphatic rings. The van der Waals surface area contributed by atoms with Crippen LogP contribution in [0.4, 0.5) is 10.6 Å². The first-order chi connectivity index (χ1) is 13.1. The van der Waals surface area contributed by atoms with Crippen molar-refractivity contribution in [3.05, 3.63) is 41.2 Å². The first-order valence-electron chi connectivity index (χ1n) is 9.07. The molecule has 0 aromatic carbocycles. The Morgan fingerprint density at radius 2 is 2.07 bits per heavy atom. The molecule has 0 spiro atoms. The lowest BCUT2D eigenvalue weighted by Crippen LogP contribution is -2.38. The molecule has 0 saturated heterocycles. The van der Waals surface area contributed by atoms with Crippen LogP contribution in [-0.4, -0.2) is 35.8 Å². The molecular formula is C19H25ClN6O2. The molecular weight excluding hydrogens is 380 g/mol. The van der Waals surface area contributed by atoms with Crippen LogP contribution in [0.1, 0.15) is 51.9 Å². The highest BCUT2D eigenvalue weighted by atomic mass is 35.5. The molecule has 0 fully saturated rings. The Labute approximate surface area is 169 Å². The van der Waals surface area contributed by atoms with Crippen molar-refractivity contribution >= 4 is 29.2 Å². The number of hydrogen-bond acceptors (Lipinski definition) is 5. The summed E-state index contributed by atoms with van der Waals surface area (Å²) in [6.45, 7) is 9.78. The van der Waals surface area contributed by atoms with Gasteiger partial charge in [0, 0.05) is 31.1 Å². The van der Waals surface area contributed by atoms with Gasteiger partial charge in [-0.25, -0.2) is 14.8 Å². The number of ether oxygens (including phenoxy) is 1. The van der Waals surface area contributed by atoms with Crippen molar-refractivity contribution in [1.82, 2.24) is 24.1 Å². The molecule has 0 N–H and O–H groups in total. The maximum absolute atomic E-state index is 13.1. The van der Waals surface area contributed by atoms with E-state index in [4.69, 9.17) is 16.3 Å². The Hall–Kier alpha value is -2.61. The SMILES string of the molecule is CC(C)c1cnn2c(N(Cc3nccn3C)C(=O)OC(C)(C)C)cc(Cl)nc12. The topological polar surface area (TPSA) is 77.5 Å². The third-order valence-corrected chi connectivity index (χ3v) is 4.38. The molecule has 3 rings (SSSR count). The number of carbonyl (C=O) groups is 1. The molecule has 3 heterocycles. The average molecular weight is 405 g/mol. The highest BCUT2D eigenvalue weighted by Gasteiger charge is 2.28. The minimum atomic E-state index is -0.653. The predicted octanol–water partition coefficient (Wildman–Crippen LogP) is 4.18. The quantitative estimate of drug-likeness (QED) is 0.609. The van der Waals surface area contributed by atoms with Gasteiger partial charge in [0.15, 0.2) is 5.65 Å². The summed E-state index contributed by atoms with van der Waals surface area (Å²) in [5.41, 5.74) is 0.913. The zero-order valence-corrected chi connectivity index (χ0v) is 17.7. The lowest BCUT2D eigenvalue weighted by atomic mass is 10.1. The fraction of sp³-hybridized carbons (Fsp3) is 0.474. The van der Waals surface area contributed by atoms with Gasteiger partial charge in [0.1, 0.15) is 22.4 Å². The second-order valence-corrected chi connectivity index (χ2v) is 8.34. The first kappa shape index (κ1) is 20.1. The number of aromatic nitrogens is 5. The number of aryl methyl sites for hydroxylation is 1. The van der Waals surface area contributed by atoms with Gasteiger partial charge in [-0.05, 0) is 26.7 Å². The Balaban J connectivity index is 2.14. The molecule has 0 saturated carbocycles. The highest BCUT2D eigenvalue weighted by molar-refractivity contribution is 6.29. The monoisotopic (exact) mass is 404 g/mol. The Kier molecular flexibility index (Phi) is 5.34. The number of halogens is 1. The molecule has 150 valence electrons. The summed E-state index contributed by atoms with van der Waals surface area (Å²) in [7, 11) is 1.87. The van der Waals surface area contributed by atoms with E-state index in [0.717, 1.165) is 5.56 Å². The van der Waals surface area contributed by atoms with Gasteiger partial charge in [-0.2, -0.15) is 9.61 Å². The van der Waals surface area contributed by atoms with E-state index in [0.29, 0.717) is 17.3 Å². The van der Waals surface area contributed by atoms with Gasteiger partial charge in [0.2, 0.25) is 0 Å². The molecule has 0 bridgehead atoms. The molecule has 3 aromatic heterocycles. The third-order valence-electron chi connectivity index (χ3n) is 4.18. The first-order valence-corrected chi connectivity index (χ1v) is 9.45. The summed E-state index contributed by atoms with van der Waals surface area (Å²) in [6, 6.07) is 1.61. The molecule has 0 radical (unpaired) electrons. The van der Waals surface area contributed by atoms with Crippen molar-refractivity contribution in [2.45, 2.75) is 52.7 Å². The van der Waals surface area contributed by atoms with Crippen LogP contribution in [0.25, 0.3) is 5.65 Å². The second kappa shape index (κ2) is 7.43. The fourth-order valence-corrected chi connectivity index (χ4v) is 2.96. The van der Waals surface area contributed by atoms with E-state index in [2.05, 4.69) is 28.9 Å². The molecule has 8 nitrogen and oxygen atoms in total. The van der Waals surface area contributed by atoms with E-state index in [1.807, 2.05) is 38.6 Å². The lowest BCUT2D eigenvalue weighted by molar-refractivity contribution is 0.0574. The molecule has 0 aliphatic heterocycles. The zero-order valence-electron chi connectivity index (χ0n) is 17.0. The zero-order chi connectivity index (χ0) is 20.6. The smallest absolute Gasteiger partial charge is 0.416 e. The summed E-state index contributed by atoms with van der Waals surface area (Å²) in [6.07, 6.45) is 4.74. The second-order valence-electron chi connectivity index (χ2n) is 7.95. The van der Waals surface area contributed by atoms with E-state index < -0.39 is 11.7 Å². The van der Waals surface area contributed by atoms with E-state index >= 15 is 0 Å². The van der Waals surface area contributed by atoms with Crippen LogP contribution in [0, 0.1) is 0 Å². The summed E-state index contributed by atoms with van der Waals surface area (Å²) in [5, 5.41) is 4.73. The van der Waals surface area contributed by atoms with Crippen LogP contribution in [-0.2, 0) is 18.3 Å². The molecule has 0 unspecified atom stereocenters. The van der Waals surface area contributed by atoms with Gasteiger partial charge in [-0.3, -0.25) is 4.90 Å². The summed E-state index contributed by atoms with van der Waals surface area (Å²) in [4.78, 5) is 23.3. The molecule has 1 amide bonds. The van der Waals surface area contributed by atoms with Gasteiger partial charge >= 0.3 is 6.09 Å². The van der Waals surface area contributed by atoms with Crippen molar-refractivity contribution in [3.8, 4) is 0 Å². The van der Waals surface area contributed by atoms with Crippen molar-refractivity contribution in [2.24, 2.45) is 7.05 Å². The van der Waals surface area contributed by atoms with Crippen LogP contribution >= 0.6 is 11.6 Å². The van der Waals surface area contributed by atoms with Crippen LogP contribution in [0.5, 0.6) is 0 Å². The molecule has 0 atom stereocenters. The van der Waals surface area contributed by atoms with E-state index in [1.165, 1.54) is 4.90 Å². The minimum Gasteiger partial charge on any atom is -0.443 e. The molecule has 3 aromatic rings. The van der Waals surface area contributed by atoms with E-state index in [9.17, 15) is 4.79 Å².